The third-order valence-corrected chi connectivity index (χ3v) is 3.40. The molecule has 6 nitrogen and oxygen atoms in total. The summed E-state index contributed by atoms with van der Waals surface area (Å²) in [5.41, 5.74) is 0.490. The van der Waals surface area contributed by atoms with Gasteiger partial charge < -0.3 is 20.1 Å². The number of methoxy groups -OCH3 is 1. The first-order chi connectivity index (χ1) is 10.1. The van der Waals surface area contributed by atoms with Crippen molar-refractivity contribution < 1.29 is 19.4 Å². The molecule has 0 atom stereocenters. The molecule has 1 fully saturated rings. The van der Waals surface area contributed by atoms with E-state index in [0.29, 0.717) is 24.0 Å². The van der Waals surface area contributed by atoms with Crippen LogP contribution < -0.4 is 10.1 Å². The molecule has 2 N–H and O–H groups in total. The van der Waals surface area contributed by atoms with E-state index in [1.807, 2.05) is 6.92 Å². The molecule has 0 heterocycles. The average Bonchev–Trinajstić information content (AvgIpc) is 3.28. The second kappa shape index (κ2) is 6.47. The highest BCUT2D eigenvalue weighted by molar-refractivity contribution is 5.95. The summed E-state index contributed by atoms with van der Waals surface area (Å²) in [5.74, 6) is -0.596. The number of carboxylic acids is 1. The van der Waals surface area contributed by atoms with E-state index in [9.17, 15) is 9.59 Å². The van der Waals surface area contributed by atoms with Gasteiger partial charge in [0.25, 0.3) is 0 Å². The first kappa shape index (κ1) is 15.2. The number of anilines is 1. The third kappa shape index (κ3) is 3.65. The zero-order valence-corrected chi connectivity index (χ0v) is 12.3. The van der Waals surface area contributed by atoms with Gasteiger partial charge in [0.15, 0.2) is 0 Å². The zero-order valence-electron chi connectivity index (χ0n) is 12.3. The standard InChI is InChI=1S/C15H20N2O4/c1-3-8-17(11-5-6-11)15(20)16-12-9-10(14(18)19)4-7-13(12)21-2/h4,7,9,11H,3,5-6,8H2,1-2H3,(H,16,20)(H,18,19). The molecule has 114 valence electrons. The number of amides is 2. The molecule has 1 aromatic rings. The quantitative estimate of drug-likeness (QED) is 0.845. The van der Waals surface area contributed by atoms with Crippen molar-refractivity contribution in [2.75, 3.05) is 19.0 Å². The summed E-state index contributed by atoms with van der Waals surface area (Å²) in [6.45, 7) is 2.71. The lowest BCUT2D eigenvalue weighted by atomic mass is 10.2. The number of nitrogens with one attached hydrogen (secondary N) is 1. The molecule has 0 saturated heterocycles. The van der Waals surface area contributed by atoms with Crippen molar-refractivity contribution in [3.63, 3.8) is 0 Å². The van der Waals surface area contributed by atoms with Gasteiger partial charge in [0.1, 0.15) is 5.75 Å². The fourth-order valence-corrected chi connectivity index (χ4v) is 2.20. The number of benzene rings is 1. The normalized spacial score (nSPS) is 13.6. The maximum atomic E-state index is 12.3. The molecule has 0 bridgehead atoms. The molecule has 0 radical (unpaired) electrons. The number of carbonyl (C=O) groups is 2. The Morgan fingerprint density at radius 2 is 2.14 bits per heavy atom. The monoisotopic (exact) mass is 292 g/mol. The smallest absolute Gasteiger partial charge is 0.335 e. The molecule has 0 unspecified atom stereocenters. The first-order valence-corrected chi connectivity index (χ1v) is 7.05. The first-order valence-electron chi connectivity index (χ1n) is 7.05. The molecule has 0 aliphatic heterocycles. The van der Waals surface area contributed by atoms with Gasteiger partial charge in [-0.2, -0.15) is 0 Å². The van der Waals surface area contributed by atoms with E-state index in [0.717, 1.165) is 19.3 Å². The predicted octanol–water partition coefficient (Wildman–Crippen LogP) is 2.80. The van der Waals surface area contributed by atoms with Gasteiger partial charge in [0.05, 0.1) is 18.4 Å². The summed E-state index contributed by atoms with van der Waals surface area (Å²) in [6, 6.07) is 4.50. The molecule has 21 heavy (non-hydrogen) atoms. The van der Waals surface area contributed by atoms with Gasteiger partial charge in [0, 0.05) is 12.6 Å². The van der Waals surface area contributed by atoms with Gasteiger partial charge in [-0.3, -0.25) is 0 Å². The Labute approximate surface area is 123 Å². The van der Waals surface area contributed by atoms with Crippen molar-refractivity contribution >= 4 is 17.7 Å². The van der Waals surface area contributed by atoms with Crippen LogP contribution in [0.1, 0.15) is 36.5 Å². The summed E-state index contributed by atoms with van der Waals surface area (Å²) >= 11 is 0. The van der Waals surface area contributed by atoms with Gasteiger partial charge in [-0.05, 0) is 37.5 Å². The molecule has 1 aromatic carbocycles. The highest BCUT2D eigenvalue weighted by Gasteiger charge is 2.32. The van der Waals surface area contributed by atoms with E-state index in [1.165, 1.54) is 19.2 Å². The maximum Gasteiger partial charge on any atom is 0.335 e. The number of carboxylic acid groups (broad SMARTS) is 1. The van der Waals surface area contributed by atoms with Crippen LogP contribution in [0.2, 0.25) is 0 Å². The molecule has 2 amide bonds. The summed E-state index contributed by atoms with van der Waals surface area (Å²) in [4.78, 5) is 25.2. The van der Waals surface area contributed by atoms with Crippen molar-refractivity contribution in [3.05, 3.63) is 23.8 Å². The van der Waals surface area contributed by atoms with E-state index in [2.05, 4.69) is 5.32 Å². The molecule has 0 spiro atoms. The van der Waals surface area contributed by atoms with Crippen molar-refractivity contribution in [2.45, 2.75) is 32.2 Å². The van der Waals surface area contributed by atoms with Crippen molar-refractivity contribution in [2.24, 2.45) is 0 Å². The lowest BCUT2D eigenvalue weighted by Crippen LogP contribution is -2.37. The lowest BCUT2D eigenvalue weighted by Gasteiger charge is -2.23. The average molecular weight is 292 g/mol. The maximum absolute atomic E-state index is 12.3. The number of hydrogen-bond donors (Lipinski definition) is 2. The molecule has 2 rings (SSSR count). The Kier molecular flexibility index (Phi) is 4.67. The van der Waals surface area contributed by atoms with Gasteiger partial charge in [-0.15, -0.1) is 0 Å². The SMILES string of the molecule is CCCN(C(=O)Nc1cc(C(=O)O)ccc1OC)C1CC1. The summed E-state index contributed by atoms with van der Waals surface area (Å²) in [7, 11) is 1.48. The number of ether oxygens (including phenoxy) is 1. The summed E-state index contributed by atoms with van der Waals surface area (Å²) in [5, 5.41) is 11.8. The largest absolute Gasteiger partial charge is 0.495 e. The van der Waals surface area contributed by atoms with Crippen molar-refractivity contribution in [3.8, 4) is 5.75 Å². The second-order valence-electron chi connectivity index (χ2n) is 5.07. The Bertz CT molecular complexity index is 540. The van der Waals surface area contributed by atoms with E-state index in [-0.39, 0.29) is 11.6 Å². The molecular weight excluding hydrogens is 272 g/mol. The van der Waals surface area contributed by atoms with Crippen LogP contribution in [0, 0.1) is 0 Å². The van der Waals surface area contributed by atoms with Crippen LogP contribution in [0.5, 0.6) is 5.75 Å². The molecular formula is C15H20N2O4. The minimum Gasteiger partial charge on any atom is -0.495 e. The van der Waals surface area contributed by atoms with Crippen molar-refractivity contribution in [1.82, 2.24) is 4.90 Å². The van der Waals surface area contributed by atoms with E-state index < -0.39 is 5.97 Å². The van der Waals surface area contributed by atoms with Crippen LogP contribution in [-0.4, -0.2) is 41.7 Å². The number of hydrogen-bond acceptors (Lipinski definition) is 3. The van der Waals surface area contributed by atoms with Gasteiger partial charge in [-0.25, -0.2) is 9.59 Å². The van der Waals surface area contributed by atoms with Crippen LogP contribution >= 0.6 is 0 Å². The van der Waals surface area contributed by atoms with Gasteiger partial charge in [-0.1, -0.05) is 6.92 Å². The van der Waals surface area contributed by atoms with Crippen molar-refractivity contribution in [1.29, 1.82) is 0 Å². The highest BCUT2D eigenvalue weighted by Crippen LogP contribution is 2.30. The fraction of sp³-hybridized carbons (Fsp3) is 0.467. The molecule has 1 saturated carbocycles. The third-order valence-electron chi connectivity index (χ3n) is 3.40. The second-order valence-corrected chi connectivity index (χ2v) is 5.07. The molecule has 6 heteroatoms. The van der Waals surface area contributed by atoms with Crippen LogP contribution in [-0.2, 0) is 0 Å². The van der Waals surface area contributed by atoms with E-state index in [4.69, 9.17) is 9.84 Å². The van der Waals surface area contributed by atoms with Gasteiger partial charge >= 0.3 is 12.0 Å². The number of urea groups is 1. The number of nitrogens with zero attached hydrogens (tertiary/aromatic N) is 1. The van der Waals surface area contributed by atoms with Crippen LogP contribution in [0.4, 0.5) is 10.5 Å². The highest BCUT2D eigenvalue weighted by atomic mass is 16.5. The van der Waals surface area contributed by atoms with Crippen LogP contribution in [0.15, 0.2) is 18.2 Å². The minimum atomic E-state index is -1.04. The van der Waals surface area contributed by atoms with Crippen LogP contribution in [0.25, 0.3) is 0 Å². The zero-order chi connectivity index (χ0) is 15.4. The summed E-state index contributed by atoms with van der Waals surface area (Å²) in [6.07, 6.45) is 2.94. The number of aromatic carboxylic acids is 1. The van der Waals surface area contributed by atoms with Gasteiger partial charge in [0.2, 0.25) is 0 Å². The van der Waals surface area contributed by atoms with Crippen LogP contribution in [0.3, 0.4) is 0 Å². The van der Waals surface area contributed by atoms with E-state index >= 15 is 0 Å². The number of carbonyl (C=O) groups excluding carboxylic acids is 1. The molecule has 0 aromatic heterocycles. The topological polar surface area (TPSA) is 78.9 Å². The summed E-state index contributed by atoms with van der Waals surface area (Å²) < 4.78 is 5.17. The minimum absolute atomic E-state index is 0.111. The van der Waals surface area contributed by atoms with E-state index in [1.54, 1.807) is 11.0 Å². The molecule has 1 aliphatic rings. The molecule has 1 aliphatic carbocycles. The number of rotatable bonds is 6. The predicted molar refractivity (Wildman–Crippen MR) is 79.0 cm³/mol. The Balaban J connectivity index is 2.18. The lowest BCUT2D eigenvalue weighted by molar-refractivity contribution is 0.0697. The Morgan fingerprint density at radius 3 is 2.67 bits per heavy atom. The fourth-order valence-electron chi connectivity index (χ4n) is 2.20. The Hall–Kier alpha value is -2.24. The Morgan fingerprint density at radius 1 is 1.43 bits per heavy atom.